The molecule has 3 N–H and O–H groups in total. The quantitative estimate of drug-likeness (QED) is 0.493. The Morgan fingerprint density at radius 1 is 1.46 bits per heavy atom. The van der Waals surface area contributed by atoms with Crippen molar-refractivity contribution in [3.8, 4) is 0 Å². The lowest BCUT2D eigenvalue weighted by molar-refractivity contribution is 0.601. The zero-order chi connectivity index (χ0) is 10.1. The molecule has 0 aliphatic rings. The van der Waals surface area contributed by atoms with Crippen LogP contribution in [0.5, 0.6) is 0 Å². The lowest BCUT2D eigenvalue weighted by Gasteiger charge is -2.15. The molecule has 0 radical (unpaired) electrons. The third-order valence-corrected chi connectivity index (χ3v) is 1.68. The summed E-state index contributed by atoms with van der Waals surface area (Å²) >= 11 is 0. The molecule has 0 bridgehead atoms. The van der Waals surface area contributed by atoms with Gasteiger partial charge in [-0.2, -0.15) is 0 Å². The van der Waals surface area contributed by atoms with Gasteiger partial charge < -0.3 is 11.1 Å². The summed E-state index contributed by atoms with van der Waals surface area (Å²) < 4.78 is 0. The molecule has 2 nitrogen and oxygen atoms in total. The van der Waals surface area contributed by atoms with Crippen LogP contribution in [-0.4, -0.2) is 19.1 Å². The molecule has 2 atom stereocenters. The van der Waals surface area contributed by atoms with Crippen LogP contribution in [0.3, 0.4) is 0 Å². The second-order valence-corrected chi connectivity index (χ2v) is 2.67. The van der Waals surface area contributed by atoms with E-state index in [4.69, 9.17) is 5.73 Å². The number of rotatable bonds is 5. The van der Waals surface area contributed by atoms with Gasteiger partial charge in [0.15, 0.2) is 0 Å². The van der Waals surface area contributed by atoms with Crippen LogP contribution in [0.2, 0.25) is 0 Å². The predicted octanol–water partition coefficient (Wildman–Crippen LogP) is 1.38. The molecule has 13 heavy (non-hydrogen) atoms. The van der Waals surface area contributed by atoms with Crippen molar-refractivity contribution in [1.82, 2.24) is 5.32 Å². The van der Waals surface area contributed by atoms with E-state index in [0.29, 0.717) is 0 Å². The fraction of sp³-hybridized carbons (Fsp3) is 0.364. The molecule has 0 fully saturated rings. The van der Waals surface area contributed by atoms with Gasteiger partial charge in [0, 0.05) is 6.04 Å². The Labute approximate surface area is 80.5 Å². The maximum absolute atomic E-state index is 5.87. The Morgan fingerprint density at radius 2 is 2.15 bits per heavy atom. The minimum Gasteiger partial charge on any atom is -0.323 e. The van der Waals surface area contributed by atoms with Crippen molar-refractivity contribution in [3.63, 3.8) is 0 Å². The van der Waals surface area contributed by atoms with Gasteiger partial charge in [-0.05, 0) is 20.0 Å². The average Bonchev–Trinajstić information content (AvgIpc) is 2.14. The maximum atomic E-state index is 5.87. The molecule has 0 aliphatic carbocycles. The molecule has 2 unspecified atom stereocenters. The van der Waals surface area contributed by atoms with Crippen molar-refractivity contribution >= 4 is 0 Å². The second-order valence-electron chi connectivity index (χ2n) is 2.67. The van der Waals surface area contributed by atoms with Crippen molar-refractivity contribution < 1.29 is 0 Å². The fourth-order valence-electron chi connectivity index (χ4n) is 0.937. The number of likely N-dealkylation sites (N-methyl/N-ethyl adjacent to an activating group) is 1. The van der Waals surface area contributed by atoms with Gasteiger partial charge in [-0.3, -0.25) is 0 Å². The molecule has 0 aromatic carbocycles. The first-order valence-electron chi connectivity index (χ1n) is 4.34. The van der Waals surface area contributed by atoms with Gasteiger partial charge in [-0.25, -0.2) is 0 Å². The smallest absolute Gasteiger partial charge is 0.0512 e. The summed E-state index contributed by atoms with van der Waals surface area (Å²) in [5.41, 5.74) is 8.59. The zero-order valence-corrected chi connectivity index (χ0v) is 8.33. The van der Waals surface area contributed by atoms with Gasteiger partial charge in [-0.15, -0.1) is 5.73 Å². The molecule has 0 aromatic heterocycles. The summed E-state index contributed by atoms with van der Waals surface area (Å²) in [6, 6.07) is 0.0504. The van der Waals surface area contributed by atoms with E-state index < -0.39 is 0 Å². The van der Waals surface area contributed by atoms with Gasteiger partial charge in [-0.1, -0.05) is 30.9 Å². The number of nitrogens with one attached hydrogen (secondary N) is 1. The Bertz CT molecular complexity index is 222. The summed E-state index contributed by atoms with van der Waals surface area (Å²) in [7, 11) is 1.86. The number of hydrogen-bond acceptors (Lipinski definition) is 2. The minimum atomic E-state index is -0.0459. The lowest BCUT2D eigenvalue weighted by atomic mass is 10.1. The van der Waals surface area contributed by atoms with Gasteiger partial charge in [0.1, 0.15) is 0 Å². The van der Waals surface area contributed by atoms with E-state index in [1.165, 1.54) is 0 Å². The van der Waals surface area contributed by atoms with Crippen molar-refractivity contribution in [3.05, 3.63) is 42.7 Å². The SMILES string of the molecule is C=C=CC(NC)C(N)/C=C\C=C\C. The monoisotopic (exact) mass is 178 g/mol. The summed E-state index contributed by atoms with van der Waals surface area (Å²) in [6.07, 6.45) is 9.61. The molecule has 0 spiro atoms. The van der Waals surface area contributed by atoms with E-state index in [1.54, 1.807) is 0 Å². The van der Waals surface area contributed by atoms with Crippen LogP contribution < -0.4 is 11.1 Å². The topological polar surface area (TPSA) is 38.0 Å². The molecular weight excluding hydrogens is 160 g/mol. The van der Waals surface area contributed by atoms with Crippen molar-refractivity contribution in [2.75, 3.05) is 7.05 Å². The molecule has 72 valence electrons. The highest BCUT2D eigenvalue weighted by molar-refractivity contribution is 5.10. The van der Waals surface area contributed by atoms with Gasteiger partial charge in [0.2, 0.25) is 0 Å². The largest absolute Gasteiger partial charge is 0.323 e. The zero-order valence-electron chi connectivity index (χ0n) is 8.33. The highest BCUT2D eigenvalue weighted by atomic mass is 14.9. The van der Waals surface area contributed by atoms with Gasteiger partial charge >= 0.3 is 0 Å². The molecule has 0 amide bonds. The van der Waals surface area contributed by atoms with Crippen LogP contribution >= 0.6 is 0 Å². The van der Waals surface area contributed by atoms with E-state index in [2.05, 4.69) is 17.6 Å². The number of allylic oxidation sites excluding steroid dienone is 3. The Balaban J connectivity index is 4.19. The van der Waals surface area contributed by atoms with Crippen LogP contribution in [0.4, 0.5) is 0 Å². The molecule has 2 heteroatoms. The molecule has 0 aliphatic heterocycles. The standard InChI is InChI=1S/C11H18N2/c1-4-6-7-9-10(12)11(13-3)8-5-2/h4,6-11,13H,2,12H2,1,3H3/b6-4+,9-7-. The third-order valence-electron chi connectivity index (χ3n) is 1.68. The summed E-state index contributed by atoms with van der Waals surface area (Å²) in [6.45, 7) is 5.48. The summed E-state index contributed by atoms with van der Waals surface area (Å²) in [5.74, 6) is 0. The molecule has 0 saturated carbocycles. The Morgan fingerprint density at radius 3 is 2.62 bits per heavy atom. The van der Waals surface area contributed by atoms with Gasteiger partial charge in [0.25, 0.3) is 0 Å². The Hall–Kier alpha value is -1.08. The van der Waals surface area contributed by atoms with Crippen LogP contribution in [0.15, 0.2) is 42.7 Å². The molecule has 0 rings (SSSR count). The normalized spacial score (nSPS) is 15.9. The first kappa shape index (κ1) is 11.9. The third kappa shape index (κ3) is 5.21. The van der Waals surface area contributed by atoms with E-state index in [0.717, 1.165) is 0 Å². The van der Waals surface area contributed by atoms with Crippen molar-refractivity contribution in [1.29, 1.82) is 0 Å². The molecule has 0 heterocycles. The molecule has 0 aromatic rings. The molecular formula is C11H18N2. The van der Waals surface area contributed by atoms with Crippen molar-refractivity contribution in [2.45, 2.75) is 19.0 Å². The summed E-state index contributed by atoms with van der Waals surface area (Å²) in [5, 5.41) is 3.07. The fourth-order valence-corrected chi connectivity index (χ4v) is 0.937. The molecule has 0 saturated heterocycles. The highest BCUT2D eigenvalue weighted by Crippen LogP contribution is 1.94. The average molecular weight is 178 g/mol. The first-order chi connectivity index (χ1) is 6.26. The lowest BCUT2D eigenvalue weighted by Crippen LogP contribution is -2.40. The summed E-state index contributed by atoms with van der Waals surface area (Å²) in [4.78, 5) is 0. The van der Waals surface area contributed by atoms with E-state index >= 15 is 0 Å². The van der Waals surface area contributed by atoms with Crippen molar-refractivity contribution in [2.24, 2.45) is 5.73 Å². The van der Waals surface area contributed by atoms with Gasteiger partial charge in [0.05, 0.1) is 6.04 Å². The van der Waals surface area contributed by atoms with Crippen LogP contribution in [0.25, 0.3) is 0 Å². The van der Waals surface area contributed by atoms with Crippen LogP contribution in [-0.2, 0) is 0 Å². The van der Waals surface area contributed by atoms with E-state index in [-0.39, 0.29) is 12.1 Å². The number of hydrogen-bond donors (Lipinski definition) is 2. The van der Waals surface area contributed by atoms with E-state index in [1.807, 2.05) is 44.4 Å². The Kier molecular flexibility index (Phi) is 6.93. The highest BCUT2D eigenvalue weighted by Gasteiger charge is 2.07. The van der Waals surface area contributed by atoms with Crippen LogP contribution in [0, 0.1) is 0 Å². The van der Waals surface area contributed by atoms with Crippen LogP contribution in [0.1, 0.15) is 6.92 Å². The van der Waals surface area contributed by atoms with E-state index in [9.17, 15) is 0 Å². The number of nitrogens with two attached hydrogens (primary N) is 1. The second kappa shape index (κ2) is 7.56. The first-order valence-corrected chi connectivity index (χ1v) is 4.34. The minimum absolute atomic E-state index is 0.0459. The maximum Gasteiger partial charge on any atom is 0.0512 e. The predicted molar refractivity (Wildman–Crippen MR) is 58.5 cm³/mol.